The third-order valence-electron chi connectivity index (χ3n) is 6.11. The van der Waals surface area contributed by atoms with Crippen LogP contribution in [-0.4, -0.2) is 33.3 Å². The highest BCUT2D eigenvalue weighted by atomic mass is 16.2. The van der Waals surface area contributed by atoms with Crippen molar-refractivity contribution in [1.29, 1.82) is 0 Å². The number of amides is 2. The lowest BCUT2D eigenvalue weighted by Crippen LogP contribution is -2.33. The number of carbonyl (C=O) groups excluding carboxylic acids is 2. The van der Waals surface area contributed by atoms with E-state index in [1.54, 1.807) is 4.90 Å². The largest absolute Gasteiger partial charge is 0.349 e. The van der Waals surface area contributed by atoms with Gasteiger partial charge in [0.05, 0.1) is 17.6 Å². The first-order chi connectivity index (χ1) is 15.1. The van der Waals surface area contributed by atoms with E-state index in [4.69, 9.17) is 4.98 Å². The molecule has 0 bridgehead atoms. The van der Waals surface area contributed by atoms with E-state index in [-0.39, 0.29) is 24.3 Å². The fourth-order valence-corrected chi connectivity index (χ4v) is 4.31. The summed E-state index contributed by atoms with van der Waals surface area (Å²) in [7, 11) is 1.82. The van der Waals surface area contributed by atoms with Crippen LogP contribution in [-0.2, 0) is 29.2 Å². The average molecular weight is 419 g/mol. The van der Waals surface area contributed by atoms with Gasteiger partial charge >= 0.3 is 0 Å². The number of rotatable bonds is 7. The van der Waals surface area contributed by atoms with E-state index in [1.807, 2.05) is 66.2 Å². The molecule has 0 aliphatic heterocycles. The molecule has 1 heterocycles. The molecule has 31 heavy (non-hydrogen) atoms. The maximum atomic E-state index is 13.0. The van der Waals surface area contributed by atoms with Crippen LogP contribution in [0.1, 0.15) is 43.5 Å². The monoisotopic (exact) mass is 418 g/mol. The van der Waals surface area contributed by atoms with Gasteiger partial charge in [-0.05, 0) is 30.5 Å². The van der Waals surface area contributed by atoms with Gasteiger partial charge in [0.15, 0.2) is 0 Å². The standard InChI is InChI=1S/C25H30N4O2/c1-28(17-19-10-4-2-5-11-19)24(30)18-29-22-15-9-8-14-21(22)27-23(29)16-26-25(31)20-12-6-3-7-13-20/h2,4-5,8-11,14-15,20H,3,6-7,12-13,16-18H2,1H3,(H,26,31). The molecule has 6 nitrogen and oxygen atoms in total. The van der Waals surface area contributed by atoms with Crippen LogP contribution >= 0.6 is 0 Å². The van der Waals surface area contributed by atoms with Crippen LogP contribution in [0, 0.1) is 5.92 Å². The quantitative estimate of drug-likeness (QED) is 0.633. The number of imidazole rings is 1. The van der Waals surface area contributed by atoms with E-state index in [2.05, 4.69) is 5.32 Å². The third-order valence-corrected chi connectivity index (χ3v) is 6.11. The van der Waals surface area contributed by atoms with E-state index in [0.29, 0.717) is 18.9 Å². The second-order valence-electron chi connectivity index (χ2n) is 8.39. The smallest absolute Gasteiger partial charge is 0.242 e. The molecule has 1 fully saturated rings. The maximum absolute atomic E-state index is 13.0. The molecule has 6 heteroatoms. The highest BCUT2D eigenvalue weighted by molar-refractivity contribution is 5.82. The molecule has 162 valence electrons. The summed E-state index contributed by atoms with van der Waals surface area (Å²) >= 11 is 0. The van der Waals surface area contributed by atoms with Crippen LogP contribution in [0.4, 0.5) is 0 Å². The summed E-state index contributed by atoms with van der Waals surface area (Å²) in [6.45, 7) is 1.08. The highest BCUT2D eigenvalue weighted by Crippen LogP contribution is 2.24. The van der Waals surface area contributed by atoms with Crippen molar-refractivity contribution >= 4 is 22.8 Å². The van der Waals surface area contributed by atoms with Crippen molar-refractivity contribution in [2.75, 3.05) is 7.05 Å². The number of para-hydroxylation sites is 2. The minimum absolute atomic E-state index is 0.00635. The molecule has 0 radical (unpaired) electrons. The van der Waals surface area contributed by atoms with Gasteiger partial charge in [-0.3, -0.25) is 9.59 Å². The summed E-state index contributed by atoms with van der Waals surface area (Å²) in [5.74, 6) is 0.926. The Balaban J connectivity index is 1.48. The number of fused-ring (bicyclic) bond motifs is 1. The molecular weight excluding hydrogens is 388 g/mol. The number of hydrogen-bond acceptors (Lipinski definition) is 3. The van der Waals surface area contributed by atoms with E-state index < -0.39 is 0 Å². The Hall–Kier alpha value is -3.15. The molecule has 1 aliphatic rings. The molecule has 2 amide bonds. The summed E-state index contributed by atoms with van der Waals surface area (Å²) in [6, 6.07) is 17.8. The van der Waals surface area contributed by atoms with Crippen molar-refractivity contribution < 1.29 is 9.59 Å². The van der Waals surface area contributed by atoms with Gasteiger partial charge in [0, 0.05) is 19.5 Å². The summed E-state index contributed by atoms with van der Waals surface area (Å²) in [5.41, 5.74) is 2.84. The number of likely N-dealkylation sites (N-methyl/N-ethyl adjacent to an activating group) is 1. The molecule has 0 atom stereocenters. The predicted molar refractivity (Wildman–Crippen MR) is 121 cm³/mol. The SMILES string of the molecule is CN(Cc1ccccc1)C(=O)Cn1c(CNC(=O)C2CCCCC2)nc2ccccc21. The lowest BCUT2D eigenvalue weighted by atomic mass is 9.89. The van der Waals surface area contributed by atoms with Crippen LogP contribution < -0.4 is 5.32 Å². The molecule has 1 saturated carbocycles. The van der Waals surface area contributed by atoms with Gasteiger partial charge < -0.3 is 14.8 Å². The van der Waals surface area contributed by atoms with Crippen LogP contribution in [0.2, 0.25) is 0 Å². The first kappa shape index (κ1) is 21.1. The van der Waals surface area contributed by atoms with E-state index >= 15 is 0 Å². The van der Waals surface area contributed by atoms with Gasteiger partial charge in [-0.2, -0.15) is 0 Å². The fraction of sp³-hybridized carbons (Fsp3) is 0.400. The lowest BCUT2D eigenvalue weighted by molar-refractivity contribution is -0.131. The van der Waals surface area contributed by atoms with Gasteiger partial charge in [0.1, 0.15) is 12.4 Å². The van der Waals surface area contributed by atoms with E-state index in [1.165, 1.54) is 6.42 Å². The number of benzene rings is 2. The van der Waals surface area contributed by atoms with Gasteiger partial charge in [0.25, 0.3) is 0 Å². The molecule has 2 aromatic carbocycles. The fourth-order valence-electron chi connectivity index (χ4n) is 4.31. The minimum Gasteiger partial charge on any atom is -0.349 e. The Morgan fingerprint density at radius 1 is 1.03 bits per heavy atom. The third kappa shape index (κ3) is 5.13. The maximum Gasteiger partial charge on any atom is 0.242 e. The Morgan fingerprint density at radius 2 is 1.74 bits per heavy atom. The van der Waals surface area contributed by atoms with Crippen LogP contribution in [0.3, 0.4) is 0 Å². The van der Waals surface area contributed by atoms with Crippen molar-refractivity contribution in [3.05, 3.63) is 66.0 Å². The first-order valence-corrected chi connectivity index (χ1v) is 11.1. The zero-order chi connectivity index (χ0) is 21.6. The summed E-state index contributed by atoms with van der Waals surface area (Å²) in [6.07, 6.45) is 5.39. The zero-order valence-electron chi connectivity index (χ0n) is 18.1. The molecule has 1 aliphatic carbocycles. The van der Waals surface area contributed by atoms with Gasteiger partial charge in [-0.25, -0.2) is 4.98 Å². The Bertz CT molecular complexity index is 1040. The van der Waals surface area contributed by atoms with Crippen molar-refractivity contribution in [2.45, 2.75) is 51.7 Å². The van der Waals surface area contributed by atoms with E-state index in [0.717, 1.165) is 42.3 Å². The Kier molecular flexibility index (Phi) is 6.65. The van der Waals surface area contributed by atoms with Gasteiger partial charge in [0.2, 0.25) is 11.8 Å². The molecule has 0 spiro atoms. The molecular formula is C25H30N4O2. The van der Waals surface area contributed by atoms with Crippen molar-refractivity contribution in [3.8, 4) is 0 Å². The molecule has 0 saturated heterocycles. The van der Waals surface area contributed by atoms with Crippen LogP contribution in [0.25, 0.3) is 11.0 Å². The Labute approximate surface area is 183 Å². The zero-order valence-corrected chi connectivity index (χ0v) is 18.1. The minimum atomic E-state index is 0.00635. The lowest BCUT2D eigenvalue weighted by Gasteiger charge is -2.21. The first-order valence-electron chi connectivity index (χ1n) is 11.1. The number of nitrogens with one attached hydrogen (secondary N) is 1. The molecule has 3 aromatic rings. The second kappa shape index (κ2) is 9.77. The number of hydrogen-bond donors (Lipinski definition) is 1. The number of nitrogens with zero attached hydrogens (tertiary/aromatic N) is 3. The van der Waals surface area contributed by atoms with Gasteiger partial charge in [-0.1, -0.05) is 61.7 Å². The van der Waals surface area contributed by atoms with Crippen LogP contribution in [0.15, 0.2) is 54.6 Å². The van der Waals surface area contributed by atoms with E-state index in [9.17, 15) is 9.59 Å². The van der Waals surface area contributed by atoms with Crippen molar-refractivity contribution in [2.24, 2.45) is 5.92 Å². The molecule has 4 rings (SSSR count). The van der Waals surface area contributed by atoms with Crippen LogP contribution in [0.5, 0.6) is 0 Å². The number of aromatic nitrogens is 2. The Morgan fingerprint density at radius 3 is 2.52 bits per heavy atom. The van der Waals surface area contributed by atoms with Gasteiger partial charge in [-0.15, -0.1) is 0 Å². The summed E-state index contributed by atoms with van der Waals surface area (Å²) in [5, 5.41) is 3.07. The number of carbonyl (C=O) groups is 2. The van der Waals surface area contributed by atoms with Crippen molar-refractivity contribution in [1.82, 2.24) is 19.8 Å². The highest BCUT2D eigenvalue weighted by Gasteiger charge is 2.22. The predicted octanol–water partition coefficient (Wildman–Crippen LogP) is 3.89. The molecule has 1 aromatic heterocycles. The summed E-state index contributed by atoms with van der Waals surface area (Å²) < 4.78 is 1.93. The summed E-state index contributed by atoms with van der Waals surface area (Å²) in [4.78, 5) is 32.0. The van der Waals surface area contributed by atoms with Crippen molar-refractivity contribution in [3.63, 3.8) is 0 Å². The average Bonchev–Trinajstić information content (AvgIpc) is 3.16. The molecule has 0 unspecified atom stereocenters. The normalized spacial score (nSPS) is 14.5. The second-order valence-corrected chi connectivity index (χ2v) is 8.39. The topological polar surface area (TPSA) is 67.2 Å². The molecule has 1 N–H and O–H groups in total.